The summed E-state index contributed by atoms with van der Waals surface area (Å²) in [6.07, 6.45) is 2.24. The highest BCUT2D eigenvalue weighted by molar-refractivity contribution is 7.92. The summed E-state index contributed by atoms with van der Waals surface area (Å²) in [7, 11) is -2.14. The van der Waals surface area contributed by atoms with Crippen LogP contribution >= 0.6 is 11.6 Å². The predicted octanol–water partition coefficient (Wildman–Crippen LogP) is 4.15. The lowest BCUT2D eigenvalue weighted by atomic mass is 10.1. The molecule has 0 saturated heterocycles. The van der Waals surface area contributed by atoms with Crippen LogP contribution in [0.15, 0.2) is 42.5 Å². The van der Waals surface area contributed by atoms with Gasteiger partial charge < -0.3 is 15.0 Å². The van der Waals surface area contributed by atoms with Crippen molar-refractivity contribution in [2.75, 3.05) is 30.8 Å². The van der Waals surface area contributed by atoms with Crippen LogP contribution in [0.3, 0.4) is 0 Å². The largest absolute Gasteiger partial charge is 0.495 e. The molecule has 0 radical (unpaired) electrons. The number of hydrogen-bond acceptors (Lipinski definition) is 5. The quantitative estimate of drug-likeness (QED) is 0.414. The van der Waals surface area contributed by atoms with Crippen molar-refractivity contribution in [3.8, 4) is 5.75 Å². The number of amides is 2. The number of benzene rings is 2. The number of ether oxygens (including phenoxy) is 1. The molecular weight excluding hydrogens is 502 g/mol. The summed E-state index contributed by atoms with van der Waals surface area (Å²) in [4.78, 5) is 27.6. The lowest BCUT2D eigenvalue weighted by Gasteiger charge is -2.30. The molecule has 36 heavy (non-hydrogen) atoms. The van der Waals surface area contributed by atoms with Gasteiger partial charge in [0.05, 0.1) is 24.1 Å². The van der Waals surface area contributed by atoms with Gasteiger partial charge in [-0.25, -0.2) is 8.42 Å². The SMILES string of the molecule is CCCNC(=O)C(C)N(Cc1ccccc1C)C(=O)CCCN(c1ccc(OC)c(Cl)c1)S(C)(=O)=O. The Bertz CT molecular complexity index is 1160. The smallest absolute Gasteiger partial charge is 0.242 e. The van der Waals surface area contributed by atoms with Gasteiger partial charge >= 0.3 is 0 Å². The zero-order valence-electron chi connectivity index (χ0n) is 21.6. The average Bonchev–Trinajstić information content (AvgIpc) is 2.83. The summed E-state index contributed by atoms with van der Waals surface area (Å²) < 4.78 is 31.3. The number of methoxy groups -OCH3 is 1. The van der Waals surface area contributed by atoms with Gasteiger partial charge in [-0.05, 0) is 56.0 Å². The van der Waals surface area contributed by atoms with E-state index in [9.17, 15) is 18.0 Å². The molecule has 1 atom stereocenters. The number of aryl methyl sites for hydroxylation is 1. The zero-order chi connectivity index (χ0) is 26.9. The summed E-state index contributed by atoms with van der Waals surface area (Å²) in [5, 5.41) is 3.14. The van der Waals surface area contributed by atoms with Crippen LogP contribution in [0.2, 0.25) is 5.02 Å². The molecule has 0 heterocycles. The molecule has 0 aliphatic heterocycles. The Labute approximate surface area is 219 Å². The highest BCUT2D eigenvalue weighted by Crippen LogP contribution is 2.30. The Kier molecular flexibility index (Phi) is 11.0. The molecule has 0 aliphatic carbocycles. The summed E-state index contributed by atoms with van der Waals surface area (Å²) in [6.45, 7) is 6.54. The van der Waals surface area contributed by atoms with Crippen molar-refractivity contribution in [2.45, 2.75) is 52.6 Å². The Balaban J connectivity index is 2.19. The molecule has 8 nitrogen and oxygen atoms in total. The molecule has 2 rings (SSSR count). The van der Waals surface area contributed by atoms with Crippen LogP contribution in [-0.2, 0) is 26.2 Å². The maximum atomic E-state index is 13.3. The van der Waals surface area contributed by atoms with E-state index in [-0.39, 0.29) is 42.8 Å². The van der Waals surface area contributed by atoms with Crippen molar-refractivity contribution >= 4 is 39.1 Å². The van der Waals surface area contributed by atoms with E-state index in [2.05, 4.69) is 5.32 Å². The second kappa shape index (κ2) is 13.5. The summed E-state index contributed by atoms with van der Waals surface area (Å²) >= 11 is 6.19. The minimum Gasteiger partial charge on any atom is -0.495 e. The molecule has 0 fully saturated rings. The second-order valence-corrected chi connectivity index (χ2v) is 11.0. The molecular formula is C26H36ClN3O5S. The van der Waals surface area contributed by atoms with E-state index in [1.54, 1.807) is 24.0 Å². The predicted molar refractivity (Wildman–Crippen MR) is 144 cm³/mol. The lowest BCUT2D eigenvalue weighted by molar-refractivity contribution is -0.140. The van der Waals surface area contributed by atoms with E-state index in [1.165, 1.54) is 17.5 Å². The van der Waals surface area contributed by atoms with Crippen molar-refractivity contribution in [3.63, 3.8) is 0 Å². The third-order valence-electron chi connectivity index (χ3n) is 5.89. The standard InChI is InChI=1S/C26H36ClN3O5S/c1-6-15-28-26(32)20(3)29(18-21-11-8-7-10-19(21)2)25(31)12-9-16-30(36(5,33)34)22-13-14-24(35-4)23(27)17-22/h7-8,10-11,13-14,17,20H,6,9,12,15-16,18H2,1-5H3,(H,28,32). The molecule has 2 amide bonds. The van der Waals surface area contributed by atoms with E-state index in [0.717, 1.165) is 23.8 Å². The van der Waals surface area contributed by atoms with Gasteiger partial charge in [0.2, 0.25) is 21.8 Å². The highest BCUT2D eigenvalue weighted by atomic mass is 35.5. The Morgan fingerprint density at radius 3 is 2.44 bits per heavy atom. The first kappa shape index (κ1) is 29.5. The van der Waals surface area contributed by atoms with Gasteiger partial charge in [0.1, 0.15) is 11.8 Å². The van der Waals surface area contributed by atoms with Crippen molar-refractivity contribution in [1.82, 2.24) is 10.2 Å². The fourth-order valence-electron chi connectivity index (χ4n) is 3.76. The minimum absolute atomic E-state index is 0.0766. The lowest BCUT2D eigenvalue weighted by Crippen LogP contribution is -2.48. The maximum Gasteiger partial charge on any atom is 0.242 e. The number of nitrogens with one attached hydrogen (secondary N) is 1. The maximum absolute atomic E-state index is 13.3. The van der Waals surface area contributed by atoms with Gasteiger partial charge in [-0.2, -0.15) is 0 Å². The number of anilines is 1. The third-order valence-corrected chi connectivity index (χ3v) is 7.38. The van der Waals surface area contributed by atoms with E-state index in [4.69, 9.17) is 16.3 Å². The summed E-state index contributed by atoms with van der Waals surface area (Å²) in [6, 6.07) is 11.8. The van der Waals surface area contributed by atoms with Crippen LogP contribution in [0.1, 0.15) is 44.2 Å². The van der Waals surface area contributed by atoms with Crippen LogP contribution in [0, 0.1) is 6.92 Å². The molecule has 198 valence electrons. The van der Waals surface area contributed by atoms with Gasteiger partial charge in [0.25, 0.3) is 0 Å². The van der Waals surface area contributed by atoms with Crippen LogP contribution in [0.4, 0.5) is 5.69 Å². The Morgan fingerprint density at radius 1 is 1.17 bits per heavy atom. The summed E-state index contributed by atoms with van der Waals surface area (Å²) in [5.74, 6) is -0.00531. The number of sulfonamides is 1. The molecule has 0 aliphatic rings. The Morgan fingerprint density at radius 2 is 1.86 bits per heavy atom. The average molecular weight is 538 g/mol. The third kappa shape index (κ3) is 8.13. The van der Waals surface area contributed by atoms with Gasteiger partial charge in [-0.15, -0.1) is 0 Å². The Hall–Kier alpha value is -2.78. The zero-order valence-corrected chi connectivity index (χ0v) is 23.2. The number of rotatable bonds is 13. The first-order valence-electron chi connectivity index (χ1n) is 11.9. The fourth-order valence-corrected chi connectivity index (χ4v) is 4.97. The number of halogens is 1. The second-order valence-electron chi connectivity index (χ2n) is 8.67. The fraction of sp³-hybridized carbons (Fsp3) is 0.462. The van der Waals surface area contributed by atoms with E-state index < -0.39 is 16.1 Å². The normalized spacial score (nSPS) is 12.1. The molecule has 0 bridgehead atoms. The molecule has 2 aromatic carbocycles. The van der Waals surface area contributed by atoms with Crippen molar-refractivity contribution in [3.05, 3.63) is 58.6 Å². The van der Waals surface area contributed by atoms with Gasteiger partial charge in [0, 0.05) is 26.1 Å². The van der Waals surface area contributed by atoms with Crippen molar-refractivity contribution < 1.29 is 22.7 Å². The van der Waals surface area contributed by atoms with E-state index in [1.807, 2.05) is 38.1 Å². The minimum atomic E-state index is -3.62. The number of nitrogens with zero attached hydrogens (tertiary/aromatic N) is 2. The van der Waals surface area contributed by atoms with Crippen molar-refractivity contribution in [1.29, 1.82) is 0 Å². The topological polar surface area (TPSA) is 96.0 Å². The van der Waals surface area contributed by atoms with E-state index in [0.29, 0.717) is 18.0 Å². The van der Waals surface area contributed by atoms with E-state index >= 15 is 0 Å². The van der Waals surface area contributed by atoms with Crippen LogP contribution in [0.5, 0.6) is 5.75 Å². The summed E-state index contributed by atoms with van der Waals surface area (Å²) in [5.41, 5.74) is 2.36. The first-order chi connectivity index (χ1) is 17.0. The van der Waals surface area contributed by atoms with Crippen LogP contribution in [-0.4, -0.2) is 57.6 Å². The molecule has 0 aromatic heterocycles. The van der Waals surface area contributed by atoms with Gasteiger partial charge in [0.15, 0.2) is 0 Å². The number of carbonyl (C=O) groups is 2. The van der Waals surface area contributed by atoms with Crippen LogP contribution < -0.4 is 14.4 Å². The van der Waals surface area contributed by atoms with Crippen molar-refractivity contribution in [2.24, 2.45) is 0 Å². The molecule has 1 N–H and O–H groups in total. The van der Waals surface area contributed by atoms with Gasteiger partial charge in [-0.1, -0.05) is 42.8 Å². The molecule has 0 spiro atoms. The molecule has 10 heteroatoms. The monoisotopic (exact) mass is 537 g/mol. The number of carbonyl (C=O) groups excluding carboxylic acids is 2. The molecule has 1 unspecified atom stereocenters. The van der Waals surface area contributed by atoms with Crippen LogP contribution in [0.25, 0.3) is 0 Å². The van der Waals surface area contributed by atoms with Gasteiger partial charge in [-0.3, -0.25) is 13.9 Å². The molecule has 2 aromatic rings. The first-order valence-corrected chi connectivity index (χ1v) is 14.1. The molecule has 0 saturated carbocycles. The number of hydrogen-bond donors (Lipinski definition) is 1. The highest BCUT2D eigenvalue weighted by Gasteiger charge is 2.27.